The van der Waals surface area contributed by atoms with E-state index in [1.165, 1.54) is 12.4 Å². The van der Waals surface area contributed by atoms with Gasteiger partial charge in [-0.15, -0.1) is 0 Å². The number of fused-ring (bicyclic) bond motifs is 1. The van der Waals surface area contributed by atoms with E-state index >= 15 is 0 Å². The smallest absolute Gasteiger partial charge is 0.280 e. The van der Waals surface area contributed by atoms with Crippen molar-refractivity contribution >= 4 is 17.1 Å². The van der Waals surface area contributed by atoms with E-state index in [1.807, 2.05) is 0 Å². The van der Waals surface area contributed by atoms with Crippen molar-refractivity contribution in [3.8, 4) is 0 Å². The lowest BCUT2D eigenvalue weighted by Gasteiger charge is -1.94. The predicted octanol–water partition coefficient (Wildman–Crippen LogP) is -1.53. The van der Waals surface area contributed by atoms with E-state index in [4.69, 9.17) is 5.73 Å². The molecule has 0 aliphatic carbocycles. The summed E-state index contributed by atoms with van der Waals surface area (Å²) < 4.78 is 0. The molecule has 0 unspecified atom stereocenters. The minimum absolute atomic E-state index is 0. The highest BCUT2D eigenvalue weighted by molar-refractivity contribution is 5.68. The second kappa shape index (κ2) is 3.15. The summed E-state index contributed by atoms with van der Waals surface area (Å²) in [5, 5.41) is 0. The largest absolute Gasteiger partial charge is 0.412 e. The minimum atomic E-state index is -0.370. The van der Waals surface area contributed by atoms with E-state index in [0.717, 1.165) is 0 Å². The molecule has 0 radical (unpaired) electrons. The Morgan fingerprint density at radius 1 is 1.31 bits per heavy atom. The first-order valence-electron chi connectivity index (χ1n) is 3.24. The van der Waals surface area contributed by atoms with Gasteiger partial charge in [-0.2, -0.15) is 4.98 Å². The number of nitrogens with zero attached hydrogens (tertiary/aromatic N) is 3. The average molecular weight is 181 g/mol. The standard InChI is InChI=1S/C6H5N5O.H2O/c7-6-10-4-3(5(12)11-6)8-1-2-9-4;/h1-2H,(H3,7,9,10,11,12);1H2. The van der Waals surface area contributed by atoms with Crippen LogP contribution in [-0.4, -0.2) is 25.4 Å². The summed E-state index contributed by atoms with van der Waals surface area (Å²) in [4.78, 5) is 24.9. The van der Waals surface area contributed by atoms with Gasteiger partial charge in [0.15, 0.2) is 11.2 Å². The molecule has 0 atom stereocenters. The van der Waals surface area contributed by atoms with E-state index in [-0.39, 0.29) is 28.1 Å². The number of anilines is 1. The van der Waals surface area contributed by atoms with Crippen LogP contribution in [0, 0.1) is 0 Å². The maximum absolute atomic E-state index is 11.1. The monoisotopic (exact) mass is 181 g/mol. The van der Waals surface area contributed by atoms with Gasteiger partial charge in [0.25, 0.3) is 5.56 Å². The van der Waals surface area contributed by atoms with Crippen LogP contribution in [0.3, 0.4) is 0 Å². The van der Waals surface area contributed by atoms with Gasteiger partial charge in [-0.25, -0.2) is 9.97 Å². The fraction of sp³-hybridized carbons (Fsp3) is 0. The number of nitrogens with one attached hydrogen (secondary N) is 1. The van der Waals surface area contributed by atoms with Crippen LogP contribution in [0.15, 0.2) is 17.2 Å². The van der Waals surface area contributed by atoms with E-state index in [2.05, 4.69) is 19.9 Å². The molecule has 0 amide bonds. The molecule has 0 fully saturated rings. The zero-order valence-corrected chi connectivity index (χ0v) is 6.48. The van der Waals surface area contributed by atoms with Crippen LogP contribution in [-0.2, 0) is 0 Å². The highest BCUT2D eigenvalue weighted by Gasteiger charge is 2.01. The molecule has 13 heavy (non-hydrogen) atoms. The van der Waals surface area contributed by atoms with Crippen LogP contribution < -0.4 is 11.3 Å². The highest BCUT2D eigenvalue weighted by Crippen LogP contribution is 1.97. The lowest BCUT2D eigenvalue weighted by molar-refractivity contribution is 0.824. The molecule has 0 saturated carbocycles. The Morgan fingerprint density at radius 2 is 2.00 bits per heavy atom. The molecular formula is C6H7N5O2. The molecule has 7 nitrogen and oxygen atoms in total. The molecule has 2 aromatic heterocycles. The Bertz CT molecular complexity index is 480. The number of aromatic nitrogens is 4. The Kier molecular flexibility index (Phi) is 2.20. The first-order valence-corrected chi connectivity index (χ1v) is 3.24. The van der Waals surface area contributed by atoms with Crippen LogP contribution >= 0.6 is 0 Å². The second-order valence-corrected chi connectivity index (χ2v) is 2.18. The summed E-state index contributed by atoms with van der Waals surface area (Å²) in [6.07, 6.45) is 2.88. The van der Waals surface area contributed by atoms with Gasteiger partial charge < -0.3 is 11.2 Å². The van der Waals surface area contributed by atoms with Crippen molar-refractivity contribution in [2.24, 2.45) is 0 Å². The zero-order valence-electron chi connectivity index (χ0n) is 6.48. The predicted molar refractivity (Wildman–Crippen MR) is 46.0 cm³/mol. The number of rotatable bonds is 0. The molecule has 0 aliphatic heterocycles. The summed E-state index contributed by atoms with van der Waals surface area (Å²) in [6, 6.07) is 0. The number of H-pyrrole nitrogens is 1. The summed E-state index contributed by atoms with van der Waals surface area (Å²) in [6.45, 7) is 0. The van der Waals surface area contributed by atoms with E-state index < -0.39 is 0 Å². The molecule has 0 saturated heterocycles. The molecule has 0 spiro atoms. The maximum atomic E-state index is 11.1. The summed E-state index contributed by atoms with van der Waals surface area (Å²) in [5.41, 5.74) is 5.38. The lowest BCUT2D eigenvalue weighted by Crippen LogP contribution is -2.12. The van der Waals surface area contributed by atoms with Crippen LogP contribution in [0.5, 0.6) is 0 Å². The fourth-order valence-electron chi connectivity index (χ4n) is 0.890. The molecular weight excluding hydrogens is 174 g/mol. The Morgan fingerprint density at radius 3 is 2.77 bits per heavy atom. The third-order valence-electron chi connectivity index (χ3n) is 1.36. The lowest BCUT2D eigenvalue weighted by atomic mass is 10.5. The van der Waals surface area contributed by atoms with Crippen molar-refractivity contribution in [1.29, 1.82) is 0 Å². The first kappa shape index (κ1) is 9.07. The van der Waals surface area contributed by atoms with Crippen LogP contribution in [0.25, 0.3) is 11.2 Å². The van der Waals surface area contributed by atoms with Gasteiger partial charge in [-0.05, 0) is 0 Å². The minimum Gasteiger partial charge on any atom is -0.412 e. The fourth-order valence-corrected chi connectivity index (χ4v) is 0.890. The molecule has 0 aliphatic rings. The summed E-state index contributed by atoms with van der Waals surface area (Å²) >= 11 is 0. The number of hydrogen-bond donors (Lipinski definition) is 2. The third-order valence-corrected chi connectivity index (χ3v) is 1.36. The molecule has 5 N–H and O–H groups in total. The summed E-state index contributed by atoms with van der Waals surface area (Å²) in [7, 11) is 0. The molecule has 2 heterocycles. The van der Waals surface area contributed by atoms with Gasteiger partial charge in [0, 0.05) is 12.4 Å². The van der Waals surface area contributed by atoms with E-state index in [1.54, 1.807) is 0 Å². The van der Waals surface area contributed by atoms with Crippen molar-refractivity contribution in [3.63, 3.8) is 0 Å². The maximum Gasteiger partial charge on any atom is 0.280 e. The molecule has 68 valence electrons. The van der Waals surface area contributed by atoms with E-state index in [0.29, 0.717) is 0 Å². The van der Waals surface area contributed by atoms with Gasteiger partial charge in [-0.3, -0.25) is 9.78 Å². The van der Waals surface area contributed by atoms with Crippen LogP contribution in [0.4, 0.5) is 5.95 Å². The van der Waals surface area contributed by atoms with Gasteiger partial charge in [0.1, 0.15) is 0 Å². The van der Waals surface area contributed by atoms with Crippen molar-refractivity contribution in [2.45, 2.75) is 0 Å². The Balaban J connectivity index is 0.000000845. The molecule has 2 rings (SSSR count). The average Bonchev–Trinajstić information content (AvgIpc) is 2.04. The van der Waals surface area contributed by atoms with Gasteiger partial charge in [0.05, 0.1) is 0 Å². The molecule has 0 aromatic carbocycles. The number of aromatic amines is 1. The third kappa shape index (κ3) is 1.44. The van der Waals surface area contributed by atoms with Crippen molar-refractivity contribution in [2.75, 3.05) is 5.73 Å². The van der Waals surface area contributed by atoms with Crippen LogP contribution in [0.2, 0.25) is 0 Å². The van der Waals surface area contributed by atoms with E-state index in [9.17, 15) is 4.79 Å². The summed E-state index contributed by atoms with van der Waals surface area (Å²) in [5.74, 6) is 0.0491. The van der Waals surface area contributed by atoms with Crippen molar-refractivity contribution in [1.82, 2.24) is 19.9 Å². The Labute approximate surface area is 72.0 Å². The normalized spacial score (nSPS) is 9.54. The quantitative estimate of drug-likeness (QED) is 0.509. The molecule has 2 aromatic rings. The zero-order chi connectivity index (χ0) is 8.55. The van der Waals surface area contributed by atoms with Crippen molar-refractivity contribution < 1.29 is 5.48 Å². The van der Waals surface area contributed by atoms with Crippen molar-refractivity contribution in [3.05, 3.63) is 22.7 Å². The number of nitrogens with two attached hydrogens (primary N) is 1. The molecule has 7 heteroatoms. The van der Waals surface area contributed by atoms with Crippen LogP contribution in [0.1, 0.15) is 0 Å². The Hall–Kier alpha value is -2.02. The highest BCUT2D eigenvalue weighted by atomic mass is 16.1. The second-order valence-electron chi connectivity index (χ2n) is 2.18. The molecule has 0 bridgehead atoms. The van der Waals surface area contributed by atoms with Gasteiger partial charge in [-0.1, -0.05) is 0 Å². The SMILES string of the molecule is Nc1nc2nccnc2c(=O)[nH]1.O. The van der Waals surface area contributed by atoms with Gasteiger partial charge >= 0.3 is 0 Å². The number of nitrogen functional groups attached to an aromatic ring is 1. The van der Waals surface area contributed by atoms with Gasteiger partial charge in [0.2, 0.25) is 5.95 Å². The number of hydrogen-bond acceptors (Lipinski definition) is 5. The topological polar surface area (TPSA) is 129 Å². The first-order chi connectivity index (χ1) is 5.77.